The van der Waals surface area contributed by atoms with Gasteiger partial charge in [-0.2, -0.15) is 0 Å². The van der Waals surface area contributed by atoms with Gasteiger partial charge in [-0.1, -0.05) is 0 Å². The Morgan fingerprint density at radius 1 is 1.27 bits per heavy atom. The van der Waals surface area contributed by atoms with Gasteiger partial charge in [-0.15, -0.1) is 0 Å². The van der Waals surface area contributed by atoms with Crippen LogP contribution in [0.25, 0.3) is 0 Å². The molecule has 1 N–H and O–H groups in total. The standard InChI is InChI=1S/C10H12O4S/c11-8-3-5-9(6-4-8)14-10-2-1-7-15(10,12)13/h3-6,10-11H,1-2,7H2/t10-/m0/s1. The monoisotopic (exact) mass is 228 g/mol. The van der Waals surface area contributed by atoms with Crippen molar-refractivity contribution in [2.75, 3.05) is 5.75 Å². The summed E-state index contributed by atoms with van der Waals surface area (Å²) >= 11 is 0. The average molecular weight is 228 g/mol. The molecule has 0 spiro atoms. The van der Waals surface area contributed by atoms with Crippen molar-refractivity contribution < 1.29 is 18.3 Å². The molecule has 4 nitrogen and oxygen atoms in total. The third kappa shape index (κ3) is 2.23. The summed E-state index contributed by atoms with van der Waals surface area (Å²) in [5.74, 6) is 0.815. The summed E-state index contributed by atoms with van der Waals surface area (Å²) in [6.07, 6.45) is 1.20. The third-order valence-electron chi connectivity index (χ3n) is 2.37. The van der Waals surface area contributed by atoms with Gasteiger partial charge in [0.2, 0.25) is 0 Å². The van der Waals surface area contributed by atoms with E-state index >= 15 is 0 Å². The first-order valence-corrected chi connectivity index (χ1v) is 6.47. The molecule has 0 radical (unpaired) electrons. The highest BCUT2D eigenvalue weighted by Crippen LogP contribution is 2.25. The molecule has 1 saturated heterocycles. The fraction of sp³-hybridized carbons (Fsp3) is 0.400. The Hall–Kier alpha value is -1.23. The van der Waals surface area contributed by atoms with Gasteiger partial charge < -0.3 is 9.84 Å². The number of hydrogen-bond acceptors (Lipinski definition) is 4. The summed E-state index contributed by atoms with van der Waals surface area (Å²) in [4.78, 5) is 0. The van der Waals surface area contributed by atoms with Gasteiger partial charge in [0.15, 0.2) is 15.3 Å². The van der Waals surface area contributed by atoms with E-state index in [1.807, 2.05) is 0 Å². The number of ether oxygens (including phenoxy) is 1. The molecular formula is C10H12O4S. The molecule has 1 heterocycles. The highest BCUT2D eigenvalue weighted by Gasteiger charge is 2.32. The molecule has 0 bridgehead atoms. The van der Waals surface area contributed by atoms with Crippen LogP contribution in [-0.2, 0) is 9.84 Å². The zero-order chi connectivity index (χ0) is 10.9. The second-order valence-electron chi connectivity index (χ2n) is 3.55. The van der Waals surface area contributed by atoms with Gasteiger partial charge >= 0.3 is 0 Å². The van der Waals surface area contributed by atoms with E-state index in [1.54, 1.807) is 12.1 Å². The molecule has 0 saturated carbocycles. The summed E-state index contributed by atoms with van der Waals surface area (Å²) in [5, 5.41) is 9.05. The van der Waals surface area contributed by atoms with Gasteiger partial charge in [-0.05, 0) is 37.1 Å². The number of hydrogen-bond donors (Lipinski definition) is 1. The second kappa shape index (κ2) is 3.73. The maximum absolute atomic E-state index is 11.5. The molecule has 0 aliphatic carbocycles. The van der Waals surface area contributed by atoms with Crippen molar-refractivity contribution in [3.8, 4) is 11.5 Å². The third-order valence-corrected chi connectivity index (χ3v) is 4.36. The lowest BCUT2D eigenvalue weighted by atomic mass is 10.3. The summed E-state index contributed by atoms with van der Waals surface area (Å²) in [7, 11) is -3.08. The zero-order valence-electron chi connectivity index (χ0n) is 8.09. The molecule has 0 unspecified atom stereocenters. The Bertz CT molecular complexity index is 435. The number of benzene rings is 1. The Labute approximate surface area is 88.4 Å². The average Bonchev–Trinajstić information content (AvgIpc) is 2.50. The Balaban J connectivity index is 2.12. The second-order valence-corrected chi connectivity index (χ2v) is 5.81. The van der Waals surface area contributed by atoms with Gasteiger partial charge in [0.25, 0.3) is 0 Å². The van der Waals surface area contributed by atoms with Crippen LogP contribution in [0.5, 0.6) is 11.5 Å². The van der Waals surface area contributed by atoms with E-state index < -0.39 is 15.3 Å². The highest BCUT2D eigenvalue weighted by atomic mass is 32.2. The van der Waals surface area contributed by atoms with E-state index in [4.69, 9.17) is 9.84 Å². The van der Waals surface area contributed by atoms with Crippen molar-refractivity contribution in [3.63, 3.8) is 0 Å². The molecule has 2 rings (SSSR count). The number of phenolic OH excluding ortho intramolecular Hbond substituents is 1. The minimum Gasteiger partial charge on any atom is -0.508 e. The molecule has 1 aromatic rings. The normalized spacial score (nSPS) is 23.9. The topological polar surface area (TPSA) is 63.6 Å². The van der Waals surface area contributed by atoms with Crippen molar-refractivity contribution in [1.29, 1.82) is 0 Å². The SMILES string of the molecule is O=S1(=O)CCC[C@H]1Oc1ccc(O)cc1. The summed E-state index contributed by atoms with van der Waals surface area (Å²) in [5.41, 5.74) is -0.720. The highest BCUT2D eigenvalue weighted by molar-refractivity contribution is 7.92. The van der Waals surface area contributed by atoms with Crippen LogP contribution in [0.15, 0.2) is 24.3 Å². The van der Waals surface area contributed by atoms with E-state index in [9.17, 15) is 8.42 Å². The Morgan fingerprint density at radius 2 is 1.93 bits per heavy atom. The number of phenols is 1. The van der Waals surface area contributed by atoms with Gasteiger partial charge in [0.05, 0.1) is 5.75 Å². The molecule has 15 heavy (non-hydrogen) atoms. The van der Waals surface area contributed by atoms with Crippen molar-refractivity contribution >= 4 is 9.84 Å². The van der Waals surface area contributed by atoms with Crippen LogP contribution in [0.1, 0.15) is 12.8 Å². The quantitative estimate of drug-likeness (QED) is 0.828. The fourth-order valence-corrected chi connectivity index (χ4v) is 3.19. The first-order chi connectivity index (χ1) is 7.08. The number of sulfone groups is 1. The van der Waals surface area contributed by atoms with Crippen molar-refractivity contribution in [3.05, 3.63) is 24.3 Å². The predicted molar refractivity (Wildman–Crippen MR) is 55.5 cm³/mol. The van der Waals surface area contributed by atoms with Crippen LogP contribution in [0.4, 0.5) is 0 Å². The minimum atomic E-state index is -3.08. The van der Waals surface area contributed by atoms with Crippen molar-refractivity contribution in [2.45, 2.75) is 18.3 Å². The van der Waals surface area contributed by atoms with E-state index in [2.05, 4.69) is 0 Å². The number of aromatic hydroxyl groups is 1. The van der Waals surface area contributed by atoms with Crippen LogP contribution >= 0.6 is 0 Å². The Kier molecular flexibility index (Phi) is 2.56. The van der Waals surface area contributed by atoms with Gasteiger partial charge in [0.1, 0.15) is 11.5 Å². The lowest BCUT2D eigenvalue weighted by Crippen LogP contribution is -2.22. The first kappa shape index (κ1) is 10.3. The van der Waals surface area contributed by atoms with E-state index in [1.165, 1.54) is 12.1 Å². The van der Waals surface area contributed by atoms with Gasteiger partial charge in [-0.3, -0.25) is 0 Å². The summed E-state index contributed by atoms with van der Waals surface area (Å²) in [6, 6.07) is 6.06. The molecule has 0 amide bonds. The fourth-order valence-electron chi connectivity index (χ4n) is 1.57. The molecule has 1 aliphatic heterocycles. The maximum Gasteiger partial charge on any atom is 0.199 e. The van der Waals surface area contributed by atoms with Gasteiger partial charge in [-0.25, -0.2) is 8.42 Å². The first-order valence-electron chi connectivity index (χ1n) is 4.75. The van der Waals surface area contributed by atoms with E-state index in [0.717, 1.165) is 0 Å². The molecule has 1 atom stereocenters. The zero-order valence-corrected chi connectivity index (χ0v) is 8.90. The van der Waals surface area contributed by atoms with Crippen molar-refractivity contribution in [2.24, 2.45) is 0 Å². The molecule has 1 fully saturated rings. The molecule has 1 aromatic carbocycles. The summed E-state index contributed by atoms with van der Waals surface area (Å²) < 4.78 is 28.3. The lowest BCUT2D eigenvalue weighted by Gasteiger charge is -2.12. The summed E-state index contributed by atoms with van der Waals surface area (Å²) in [6.45, 7) is 0. The maximum atomic E-state index is 11.5. The van der Waals surface area contributed by atoms with Crippen LogP contribution in [0.2, 0.25) is 0 Å². The smallest absolute Gasteiger partial charge is 0.199 e. The van der Waals surface area contributed by atoms with Crippen LogP contribution in [-0.4, -0.2) is 24.7 Å². The minimum absolute atomic E-state index is 0.136. The molecule has 0 aromatic heterocycles. The van der Waals surface area contributed by atoms with Crippen LogP contribution in [0, 0.1) is 0 Å². The predicted octanol–water partition coefficient (Wildman–Crippen LogP) is 1.31. The molecule has 5 heteroatoms. The number of rotatable bonds is 2. The van der Waals surface area contributed by atoms with Crippen LogP contribution < -0.4 is 4.74 Å². The van der Waals surface area contributed by atoms with E-state index in [-0.39, 0.29) is 11.5 Å². The Morgan fingerprint density at radius 3 is 2.47 bits per heavy atom. The van der Waals surface area contributed by atoms with E-state index in [0.29, 0.717) is 18.6 Å². The van der Waals surface area contributed by atoms with Crippen molar-refractivity contribution in [1.82, 2.24) is 0 Å². The molecular weight excluding hydrogens is 216 g/mol. The lowest BCUT2D eigenvalue weighted by molar-refractivity contribution is 0.272. The molecule has 82 valence electrons. The van der Waals surface area contributed by atoms with Crippen LogP contribution in [0.3, 0.4) is 0 Å². The molecule has 1 aliphatic rings. The van der Waals surface area contributed by atoms with Gasteiger partial charge in [0, 0.05) is 0 Å². The largest absolute Gasteiger partial charge is 0.508 e.